The Balaban J connectivity index is 2.16. The van der Waals surface area contributed by atoms with Crippen LogP contribution in [0.25, 0.3) is 0 Å². The Bertz CT molecular complexity index is 542. The highest BCUT2D eigenvalue weighted by molar-refractivity contribution is 9.10. The SMILES string of the molecule is CN(Cc1ccc(N)cc1)c1ncc(Cl)cc1Br. The molecule has 0 aliphatic carbocycles. The Kier molecular flexibility index (Phi) is 4.09. The fourth-order valence-corrected chi connectivity index (χ4v) is 2.60. The lowest BCUT2D eigenvalue weighted by molar-refractivity contribution is 0.894. The number of nitrogens with two attached hydrogens (primary N) is 1. The van der Waals surface area contributed by atoms with Crippen LogP contribution in [0.3, 0.4) is 0 Å². The summed E-state index contributed by atoms with van der Waals surface area (Å²) in [6.07, 6.45) is 1.64. The van der Waals surface area contributed by atoms with E-state index in [2.05, 4.69) is 20.9 Å². The average Bonchev–Trinajstić information content (AvgIpc) is 2.32. The molecule has 0 spiro atoms. The van der Waals surface area contributed by atoms with Crippen LogP contribution < -0.4 is 10.6 Å². The number of benzene rings is 1. The van der Waals surface area contributed by atoms with Crippen LogP contribution in [0.5, 0.6) is 0 Å². The molecule has 1 aromatic carbocycles. The molecular formula is C13H13BrClN3. The molecule has 0 fully saturated rings. The van der Waals surface area contributed by atoms with Gasteiger partial charge in [-0.1, -0.05) is 23.7 Å². The van der Waals surface area contributed by atoms with E-state index in [-0.39, 0.29) is 0 Å². The van der Waals surface area contributed by atoms with Crippen molar-refractivity contribution in [3.8, 4) is 0 Å². The Morgan fingerprint density at radius 2 is 2.00 bits per heavy atom. The molecule has 94 valence electrons. The Morgan fingerprint density at radius 1 is 1.33 bits per heavy atom. The van der Waals surface area contributed by atoms with Crippen molar-refractivity contribution in [1.29, 1.82) is 0 Å². The number of anilines is 2. The van der Waals surface area contributed by atoms with Crippen LogP contribution in [-0.4, -0.2) is 12.0 Å². The minimum absolute atomic E-state index is 0.617. The molecule has 3 nitrogen and oxygen atoms in total. The second-order valence-corrected chi connectivity index (χ2v) is 5.35. The van der Waals surface area contributed by atoms with Gasteiger partial charge in [0.15, 0.2) is 0 Å². The quantitative estimate of drug-likeness (QED) is 0.874. The zero-order valence-electron chi connectivity index (χ0n) is 9.90. The molecular weight excluding hydrogens is 314 g/mol. The zero-order valence-corrected chi connectivity index (χ0v) is 12.2. The molecule has 0 aliphatic heterocycles. The number of nitrogen functional groups attached to an aromatic ring is 1. The Hall–Kier alpha value is -1.26. The first kappa shape index (κ1) is 13.2. The maximum absolute atomic E-state index is 5.87. The number of rotatable bonds is 3. The molecule has 0 bridgehead atoms. The van der Waals surface area contributed by atoms with E-state index in [1.165, 1.54) is 5.56 Å². The van der Waals surface area contributed by atoms with Crippen molar-refractivity contribution in [2.75, 3.05) is 17.7 Å². The highest BCUT2D eigenvalue weighted by atomic mass is 79.9. The summed E-state index contributed by atoms with van der Waals surface area (Å²) >= 11 is 9.34. The van der Waals surface area contributed by atoms with E-state index in [4.69, 9.17) is 17.3 Å². The van der Waals surface area contributed by atoms with E-state index >= 15 is 0 Å². The summed E-state index contributed by atoms with van der Waals surface area (Å²) < 4.78 is 0.882. The van der Waals surface area contributed by atoms with Gasteiger partial charge in [0.2, 0.25) is 0 Å². The van der Waals surface area contributed by atoms with Gasteiger partial charge < -0.3 is 10.6 Å². The molecule has 2 rings (SSSR count). The largest absolute Gasteiger partial charge is 0.399 e. The maximum atomic E-state index is 5.87. The summed E-state index contributed by atoms with van der Waals surface area (Å²) in [5.41, 5.74) is 7.61. The second kappa shape index (κ2) is 5.59. The molecule has 2 N–H and O–H groups in total. The van der Waals surface area contributed by atoms with Crippen LogP contribution in [0.2, 0.25) is 5.02 Å². The lowest BCUT2D eigenvalue weighted by atomic mass is 10.2. The molecule has 0 atom stereocenters. The molecule has 1 heterocycles. The number of nitrogens with zero attached hydrogens (tertiary/aromatic N) is 2. The van der Waals surface area contributed by atoms with Crippen LogP contribution in [0.1, 0.15) is 5.56 Å². The number of halogens is 2. The third kappa shape index (κ3) is 3.15. The van der Waals surface area contributed by atoms with Gasteiger partial charge in [-0.25, -0.2) is 4.98 Å². The summed E-state index contributed by atoms with van der Waals surface area (Å²) in [5, 5.41) is 0.617. The van der Waals surface area contributed by atoms with Gasteiger partial charge in [0.1, 0.15) is 5.82 Å². The molecule has 1 aromatic heterocycles. The van der Waals surface area contributed by atoms with Crippen LogP contribution in [-0.2, 0) is 6.54 Å². The lowest BCUT2D eigenvalue weighted by Gasteiger charge is -2.19. The van der Waals surface area contributed by atoms with Crippen molar-refractivity contribution >= 4 is 39.0 Å². The second-order valence-electron chi connectivity index (χ2n) is 4.06. The van der Waals surface area contributed by atoms with E-state index in [0.717, 1.165) is 22.5 Å². The fraction of sp³-hybridized carbons (Fsp3) is 0.154. The standard InChI is InChI=1S/C13H13BrClN3/c1-18(8-9-2-4-11(16)5-3-9)13-12(14)6-10(15)7-17-13/h2-7H,8,16H2,1H3. The minimum atomic E-state index is 0.617. The molecule has 0 unspecified atom stereocenters. The number of aromatic nitrogens is 1. The zero-order chi connectivity index (χ0) is 13.1. The Labute approximate surface area is 120 Å². The molecule has 2 aromatic rings. The number of hydrogen-bond acceptors (Lipinski definition) is 3. The first-order chi connectivity index (χ1) is 8.56. The molecule has 0 saturated heterocycles. The van der Waals surface area contributed by atoms with Gasteiger partial charge in [-0.2, -0.15) is 0 Å². The van der Waals surface area contributed by atoms with Gasteiger partial charge in [-0.15, -0.1) is 0 Å². The average molecular weight is 327 g/mol. The van der Waals surface area contributed by atoms with Crippen molar-refractivity contribution < 1.29 is 0 Å². The van der Waals surface area contributed by atoms with Gasteiger partial charge >= 0.3 is 0 Å². The highest BCUT2D eigenvalue weighted by Gasteiger charge is 2.08. The van der Waals surface area contributed by atoms with Crippen molar-refractivity contribution in [3.63, 3.8) is 0 Å². The van der Waals surface area contributed by atoms with Crippen LogP contribution in [0.4, 0.5) is 11.5 Å². The normalized spacial score (nSPS) is 10.4. The van der Waals surface area contributed by atoms with E-state index in [9.17, 15) is 0 Å². The molecule has 0 amide bonds. The molecule has 18 heavy (non-hydrogen) atoms. The van der Waals surface area contributed by atoms with Crippen molar-refractivity contribution in [2.24, 2.45) is 0 Å². The van der Waals surface area contributed by atoms with Crippen LogP contribution >= 0.6 is 27.5 Å². The number of pyridine rings is 1. The third-order valence-electron chi connectivity index (χ3n) is 2.55. The molecule has 0 radical (unpaired) electrons. The van der Waals surface area contributed by atoms with E-state index in [1.54, 1.807) is 6.20 Å². The van der Waals surface area contributed by atoms with Gasteiger partial charge in [-0.05, 0) is 39.7 Å². The van der Waals surface area contributed by atoms with E-state index < -0.39 is 0 Å². The fourth-order valence-electron chi connectivity index (χ4n) is 1.66. The predicted molar refractivity (Wildman–Crippen MR) is 79.9 cm³/mol. The molecule has 5 heteroatoms. The van der Waals surface area contributed by atoms with Crippen molar-refractivity contribution in [3.05, 3.63) is 51.6 Å². The molecule has 0 saturated carbocycles. The van der Waals surface area contributed by atoms with Gasteiger partial charge in [0.05, 0.1) is 9.50 Å². The van der Waals surface area contributed by atoms with E-state index in [0.29, 0.717) is 5.02 Å². The summed E-state index contributed by atoms with van der Waals surface area (Å²) in [7, 11) is 1.98. The Morgan fingerprint density at radius 3 is 2.61 bits per heavy atom. The van der Waals surface area contributed by atoms with Crippen molar-refractivity contribution in [1.82, 2.24) is 4.98 Å². The van der Waals surface area contributed by atoms with Crippen LogP contribution in [0.15, 0.2) is 41.0 Å². The third-order valence-corrected chi connectivity index (χ3v) is 3.34. The summed E-state index contributed by atoms with van der Waals surface area (Å²) in [6.45, 7) is 0.757. The van der Waals surface area contributed by atoms with Crippen molar-refractivity contribution in [2.45, 2.75) is 6.54 Å². The summed E-state index contributed by atoms with van der Waals surface area (Å²) in [4.78, 5) is 6.36. The first-order valence-electron chi connectivity index (χ1n) is 5.43. The maximum Gasteiger partial charge on any atom is 0.143 e. The lowest BCUT2D eigenvalue weighted by Crippen LogP contribution is -2.18. The highest BCUT2D eigenvalue weighted by Crippen LogP contribution is 2.26. The summed E-state index contributed by atoms with van der Waals surface area (Å²) in [5.74, 6) is 0.858. The monoisotopic (exact) mass is 325 g/mol. The summed E-state index contributed by atoms with van der Waals surface area (Å²) in [6, 6.07) is 9.65. The van der Waals surface area contributed by atoms with Gasteiger partial charge in [0.25, 0.3) is 0 Å². The van der Waals surface area contributed by atoms with Crippen LogP contribution in [0, 0.1) is 0 Å². The van der Waals surface area contributed by atoms with E-state index in [1.807, 2.05) is 42.3 Å². The first-order valence-corrected chi connectivity index (χ1v) is 6.60. The smallest absolute Gasteiger partial charge is 0.143 e. The minimum Gasteiger partial charge on any atom is -0.399 e. The van der Waals surface area contributed by atoms with Gasteiger partial charge in [-0.3, -0.25) is 0 Å². The molecule has 0 aliphatic rings. The number of hydrogen-bond donors (Lipinski definition) is 1. The predicted octanol–water partition coefficient (Wildman–Crippen LogP) is 3.72. The van der Waals surface area contributed by atoms with Gasteiger partial charge in [0, 0.05) is 25.5 Å². The topological polar surface area (TPSA) is 42.1 Å².